The average Bonchev–Trinajstić information content (AvgIpc) is 3.27. The number of rotatable bonds is 8. The Balaban J connectivity index is 1.49. The van der Waals surface area contributed by atoms with Crippen molar-refractivity contribution in [2.24, 2.45) is 0 Å². The maximum Gasteiger partial charge on any atom is 0.260 e. The van der Waals surface area contributed by atoms with Gasteiger partial charge >= 0.3 is 0 Å². The normalized spacial score (nSPS) is 10.7. The van der Waals surface area contributed by atoms with Crippen LogP contribution in [0, 0.1) is 10.6 Å². The molecule has 0 unspecified atom stereocenters. The van der Waals surface area contributed by atoms with Crippen molar-refractivity contribution in [2.75, 3.05) is 11.9 Å². The van der Waals surface area contributed by atoms with E-state index in [0.29, 0.717) is 35.1 Å². The van der Waals surface area contributed by atoms with E-state index in [1.807, 2.05) is 11.5 Å². The summed E-state index contributed by atoms with van der Waals surface area (Å²) >= 11 is 6.31. The predicted molar refractivity (Wildman–Crippen MR) is 110 cm³/mol. The maximum absolute atomic E-state index is 13.7. The number of aromatic nitrogens is 4. The minimum absolute atomic E-state index is 0.0630. The van der Waals surface area contributed by atoms with Gasteiger partial charge in [0, 0.05) is 24.9 Å². The zero-order chi connectivity index (χ0) is 20.8. The number of carbonyl (C=O) groups excluding carboxylic acids is 2. The molecule has 0 aliphatic carbocycles. The first-order chi connectivity index (χ1) is 14.0. The molecule has 29 heavy (non-hydrogen) atoms. The summed E-state index contributed by atoms with van der Waals surface area (Å²) in [6.45, 7) is 3.09. The third kappa shape index (κ3) is 5.33. The molecule has 0 radical (unpaired) electrons. The van der Waals surface area contributed by atoms with Crippen molar-refractivity contribution in [3.05, 3.63) is 57.3 Å². The van der Waals surface area contributed by atoms with Crippen LogP contribution >= 0.6 is 23.6 Å². The van der Waals surface area contributed by atoms with Gasteiger partial charge in [-0.05, 0) is 31.3 Å². The van der Waals surface area contributed by atoms with Crippen LogP contribution in [-0.2, 0) is 24.2 Å². The molecule has 8 nitrogen and oxygen atoms in total. The van der Waals surface area contributed by atoms with Crippen molar-refractivity contribution in [3.63, 3.8) is 0 Å². The van der Waals surface area contributed by atoms with Gasteiger partial charge in [0.2, 0.25) is 5.91 Å². The van der Waals surface area contributed by atoms with Crippen molar-refractivity contribution >= 4 is 40.5 Å². The van der Waals surface area contributed by atoms with Gasteiger partial charge in [0.15, 0.2) is 9.90 Å². The standard InChI is InChI=1S/C18H19FN6O2S2/c1-2-25-14(23-24-18(25)28)7-8-20-15(26)9-11-10-29-17(21-11)22-16(27)12-5-3-4-6-13(12)19/h3-6,10H,2,7-9H2,1H3,(H,20,26)(H,24,28)(H,21,22,27). The van der Waals surface area contributed by atoms with Crippen molar-refractivity contribution in [2.45, 2.75) is 26.3 Å². The van der Waals surface area contributed by atoms with Gasteiger partial charge in [-0.3, -0.25) is 20.0 Å². The Morgan fingerprint density at radius 3 is 2.90 bits per heavy atom. The molecule has 0 fully saturated rings. The van der Waals surface area contributed by atoms with Crippen LogP contribution in [0.25, 0.3) is 0 Å². The molecule has 1 aromatic carbocycles. The van der Waals surface area contributed by atoms with Crippen LogP contribution in [0.3, 0.4) is 0 Å². The van der Waals surface area contributed by atoms with Gasteiger partial charge < -0.3 is 9.88 Å². The molecule has 0 saturated heterocycles. The Kier molecular flexibility index (Phi) is 6.83. The second kappa shape index (κ2) is 9.52. The quantitative estimate of drug-likeness (QED) is 0.473. The Morgan fingerprint density at radius 2 is 2.14 bits per heavy atom. The molecule has 152 valence electrons. The fraction of sp³-hybridized carbons (Fsp3) is 0.278. The van der Waals surface area contributed by atoms with Crippen LogP contribution in [0.2, 0.25) is 0 Å². The number of thiazole rings is 1. The highest BCUT2D eigenvalue weighted by atomic mass is 32.1. The number of hydrogen-bond acceptors (Lipinski definition) is 6. The number of carbonyl (C=O) groups is 2. The molecule has 0 spiro atoms. The zero-order valence-corrected chi connectivity index (χ0v) is 17.2. The van der Waals surface area contributed by atoms with Gasteiger partial charge in [-0.1, -0.05) is 12.1 Å². The molecule has 2 aromatic heterocycles. The van der Waals surface area contributed by atoms with Crippen LogP contribution in [0.1, 0.15) is 28.8 Å². The summed E-state index contributed by atoms with van der Waals surface area (Å²) in [6, 6.07) is 5.70. The van der Waals surface area contributed by atoms with E-state index >= 15 is 0 Å². The molecule has 0 atom stereocenters. The number of hydrogen-bond donors (Lipinski definition) is 3. The number of H-pyrrole nitrogens is 1. The third-order valence-corrected chi connectivity index (χ3v) is 5.17. The summed E-state index contributed by atoms with van der Waals surface area (Å²) in [6.07, 6.45) is 0.625. The lowest BCUT2D eigenvalue weighted by Crippen LogP contribution is -2.28. The fourth-order valence-electron chi connectivity index (χ4n) is 2.66. The summed E-state index contributed by atoms with van der Waals surface area (Å²) < 4.78 is 16.1. The maximum atomic E-state index is 13.7. The molecule has 3 N–H and O–H groups in total. The van der Waals surface area contributed by atoms with E-state index in [2.05, 4.69) is 25.8 Å². The molecule has 2 amide bonds. The highest BCUT2D eigenvalue weighted by Crippen LogP contribution is 2.17. The van der Waals surface area contributed by atoms with Crippen LogP contribution in [0.5, 0.6) is 0 Å². The van der Waals surface area contributed by atoms with Crippen LogP contribution < -0.4 is 10.6 Å². The lowest BCUT2D eigenvalue weighted by Gasteiger charge is -2.05. The summed E-state index contributed by atoms with van der Waals surface area (Å²) in [5.74, 6) is -0.604. The number of nitrogens with zero attached hydrogens (tertiary/aromatic N) is 3. The molecular formula is C18H19FN6O2S2. The Hall–Kier alpha value is -2.92. The highest BCUT2D eigenvalue weighted by molar-refractivity contribution is 7.71. The number of anilines is 1. The van der Waals surface area contributed by atoms with Crippen molar-refractivity contribution < 1.29 is 14.0 Å². The van der Waals surface area contributed by atoms with E-state index in [1.165, 1.54) is 29.5 Å². The molecule has 0 saturated carbocycles. The Morgan fingerprint density at radius 1 is 1.34 bits per heavy atom. The molecule has 2 heterocycles. The second-order valence-electron chi connectivity index (χ2n) is 6.04. The lowest BCUT2D eigenvalue weighted by molar-refractivity contribution is -0.120. The van der Waals surface area contributed by atoms with Crippen LogP contribution in [0.4, 0.5) is 9.52 Å². The SMILES string of the molecule is CCn1c(CCNC(=O)Cc2csc(NC(=O)c3ccccc3F)n2)n[nH]c1=S. The van der Waals surface area contributed by atoms with Gasteiger partial charge in [-0.2, -0.15) is 5.10 Å². The van der Waals surface area contributed by atoms with Crippen molar-refractivity contribution in [3.8, 4) is 0 Å². The van der Waals surface area contributed by atoms with Crippen molar-refractivity contribution in [1.82, 2.24) is 25.1 Å². The molecule has 3 rings (SSSR count). The van der Waals surface area contributed by atoms with E-state index < -0.39 is 11.7 Å². The predicted octanol–water partition coefficient (Wildman–Crippen LogP) is 2.71. The number of aromatic amines is 1. The van der Waals surface area contributed by atoms with Gasteiger partial charge in [-0.15, -0.1) is 11.3 Å². The van der Waals surface area contributed by atoms with Gasteiger partial charge in [-0.25, -0.2) is 9.37 Å². The zero-order valence-electron chi connectivity index (χ0n) is 15.6. The van der Waals surface area contributed by atoms with Crippen molar-refractivity contribution in [1.29, 1.82) is 0 Å². The fourth-order valence-corrected chi connectivity index (χ4v) is 3.65. The number of nitrogens with one attached hydrogen (secondary N) is 3. The largest absolute Gasteiger partial charge is 0.355 e. The van der Waals surface area contributed by atoms with Gasteiger partial charge in [0.25, 0.3) is 5.91 Å². The molecular weight excluding hydrogens is 415 g/mol. The molecule has 0 aliphatic heterocycles. The molecule has 11 heteroatoms. The monoisotopic (exact) mass is 434 g/mol. The third-order valence-electron chi connectivity index (χ3n) is 4.06. The van der Waals surface area contributed by atoms with E-state index in [-0.39, 0.29) is 17.9 Å². The van der Waals surface area contributed by atoms with Gasteiger partial charge in [0.05, 0.1) is 17.7 Å². The lowest BCUT2D eigenvalue weighted by atomic mass is 10.2. The topological polar surface area (TPSA) is 105 Å². The average molecular weight is 435 g/mol. The number of halogens is 1. The minimum atomic E-state index is -0.606. The van der Waals surface area contributed by atoms with Crippen LogP contribution in [-0.4, -0.2) is 38.1 Å². The van der Waals surface area contributed by atoms with E-state index in [9.17, 15) is 14.0 Å². The first-order valence-electron chi connectivity index (χ1n) is 8.89. The number of amides is 2. The minimum Gasteiger partial charge on any atom is -0.355 e. The summed E-state index contributed by atoms with van der Waals surface area (Å²) in [5.41, 5.74) is 0.458. The van der Waals surface area contributed by atoms with E-state index in [1.54, 1.807) is 11.4 Å². The second-order valence-corrected chi connectivity index (χ2v) is 7.29. The van der Waals surface area contributed by atoms with Gasteiger partial charge in [0.1, 0.15) is 11.6 Å². The van der Waals surface area contributed by atoms with E-state index in [0.717, 1.165) is 5.82 Å². The molecule has 0 aliphatic rings. The first-order valence-corrected chi connectivity index (χ1v) is 10.2. The Labute approximate surface area is 175 Å². The Bertz CT molecular complexity index is 1070. The molecule has 0 bridgehead atoms. The van der Waals surface area contributed by atoms with Crippen LogP contribution in [0.15, 0.2) is 29.6 Å². The summed E-state index contributed by atoms with van der Waals surface area (Å²) in [5, 5.41) is 14.2. The highest BCUT2D eigenvalue weighted by Gasteiger charge is 2.14. The summed E-state index contributed by atoms with van der Waals surface area (Å²) in [4.78, 5) is 28.4. The smallest absolute Gasteiger partial charge is 0.260 e. The number of benzene rings is 1. The van der Waals surface area contributed by atoms with E-state index in [4.69, 9.17) is 12.2 Å². The summed E-state index contributed by atoms with van der Waals surface area (Å²) in [7, 11) is 0. The molecule has 3 aromatic rings. The first kappa shape index (κ1) is 20.8.